The van der Waals surface area contributed by atoms with Crippen molar-refractivity contribution in [3.8, 4) is 0 Å². The number of fused-ring (bicyclic) bond motifs is 5. The van der Waals surface area contributed by atoms with E-state index in [2.05, 4.69) is 56.3 Å². The van der Waals surface area contributed by atoms with Gasteiger partial charge in [0.1, 0.15) is 0 Å². The van der Waals surface area contributed by atoms with Gasteiger partial charge in [-0.3, -0.25) is 4.79 Å². The first-order valence-corrected chi connectivity index (χ1v) is 12.7. The summed E-state index contributed by atoms with van der Waals surface area (Å²) in [6.45, 7) is 7.56. The molecule has 0 spiro atoms. The van der Waals surface area contributed by atoms with Crippen LogP contribution in [0, 0.1) is 34.5 Å². The minimum atomic E-state index is 0.340. The van der Waals surface area contributed by atoms with Gasteiger partial charge in [-0.15, -0.1) is 11.3 Å². The molecule has 1 unspecified atom stereocenters. The Hall–Kier alpha value is -1.09. The molecule has 5 rings (SSSR count). The fourth-order valence-electron chi connectivity index (χ4n) is 8.60. The lowest BCUT2D eigenvalue weighted by molar-refractivity contribution is -0.157. The first kappa shape index (κ1) is 19.8. The highest BCUT2D eigenvalue weighted by Gasteiger charge is 2.61. The highest BCUT2D eigenvalue weighted by atomic mass is 32.1. The van der Waals surface area contributed by atoms with Crippen molar-refractivity contribution in [2.75, 3.05) is 7.05 Å². The highest BCUT2D eigenvalue weighted by Crippen LogP contribution is 2.67. The van der Waals surface area contributed by atoms with Crippen LogP contribution in [0.15, 0.2) is 23.1 Å². The summed E-state index contributed by atoms with van der Waals surface area (Å²) in [6, 6.07) is 4.90. The van der Waals surface area contributed by atoms with E-state index in [0.717, 1.165) is 36.5 Å². The molecule has 1 aromatic heterocycles. The Morgan fingerprint density at radius 2 is 1.90 bits per heavy atom. The third kappa shape index (κ3) is 2.90. The summed E-state index contributed by atoms with van der Waals surface area (Å²) in [5, 5.41) is 2.19. The molecular formula is C26H37NOS. The highest BCUT2D eigenvalue weighted by molar-refractivity contribution is 7.10. The summed E-state index contributed by atoms with van der Waals surface area (Å²) in [5.74, 6) is 3.68. The zero-order valence-corrected chi connectivity index (χ0v) is 19.4. The van der Waals surface area contributed by atoms with Gasteiger partial charge in [0.15, 0.2) is 0 Å². The van der Waals surface area contributed by atoms with Gasteiger partial charge in [-0.05, 0) is 104 Å². The molecule has 1 amide bonds. The van der Waals surface area contributed by atoms with Crippen molar-refractivity contribution in [2.45, 2.75) is 78.2 Å². The number of carbonyl (C=O) groups excluding carboxylic acids is 1. The smallest absolute Gasteiger partial charge is 0.222 e. The number of thiophene rings is 1. The second-order valence-electron chi connectivity index (χ2n) is 11.1. The molecule has 3 aliphatic carbocycles. The van der Waals surface area contributed by atoms with Gasteiger partial charge < -0.3 is 4.90 Å². The largest absolute Gasteiger partial charge is 0.342 e. The van der Waals surface area contributed by atoms with Gasteiger partial charge >= 0.3 is 0 Å². The molecule has 1 aliphatic heterocycles. The van der Waals surface area contributed by atoms with Crippen molar-refractivity contribution in [1.82, 2.24) is 4.90 Å². The van der Waals surface area contributed by atoms with Crippen molar-refractivity contribution >= 4 is 23.3 Å². The van der Waals surface area contributed by atoms with Gasteiger partial charge in [0, 0.05) is 24.4 Å². The van der Waals surface area contributed by atoms with Gasteiger partial charge in [-0.25, -0.2) is 0 Å². The van der Waals surface area contributed by atoms with Crippen LogP contribution >= 0.6 is 11.3 Å². The predicted octanol–water partition coefficient (Wildman–Crippen LogP) is 6.63. The van der Waals surface area contributed by atoms with Crippen LogP contribution < -0.4 is 0 Å². The number of piperidine rings is 1. The molecule has 2 heterocycles. The quantitative estimate of drug-likeness (QED) is 0.535. The zero-order valence-electron chi connectivity index (χ0n) is 18.6. The number of carbonyl (C=O) groups is 1. The Morgan fingerprint density at radius 3 is 2.66 bits per heavy atom. The van der Waals surface area contributed by atoms with Crippen LogP contribution in [0.2, 0.25) is 0 Å². The van der Waals surface area contributed by atoms with E-state index in [1.807, 2.05) is 11.3 Å². The first-order valence-electron chi connectivity index (χ1n) is 11.8. The Morgan fingerprint density at radius 1 is 1.10 bits per heavy atom. The Balaban J connectivity index is 1.41. The molecular weight excluding hydrogens is 374 g/mol. The summed E-state index contributed by atoms with van der Waals surface area (Å²) in [7, 11) is 2.07. The van der Waals surface area contributed by atoms with Crippen LogP contribution in [0.5, 0.6) is 0 Å². The van der Waals surface area contributed by atoms with E-state index < -0.39 is 0 Å². The maximum atomic E-state index is 12.4. The van der Waals surface area contributed by atoms with Crippen LogP contribution in [0.25, 0.3) is 6.08 Å². The van der Waals surface area contributed by atoms with Gasteiger partial charge in [0.25, 0.3) is 0 Å². The second-order valence-corrected chi connectivity index (χ2v) is 12.0. The van der Waals surface area contributed by atoms with Crippen LogP contribution in [-0.4, -0.2) is 23.9 Å². The van der Waals surface area contributed by atoms with Crippen molar-refractivity contribution in [3.05, 3.63) is 28.0 Å². The number of hydrogen-bond donors (Lipinski definition) is 0. The molecule has 3 heteroatoms. The van der Waals surface area contributed by atoms with E-state index in [9.17, 15) is 4.79 Å². The standard InChI is InChI=1S/C26H37NOS/c1-17(16-18-6-5-15-29-18)20-8-9-21-19-7-10-23-26(3,14-12-24(28)27(23)4)22(19)11-13-25(20,21)2/h5-6,15-16,19-23H,7-14H2,1-4H3/b17-16+/t19-,20+,21-,22-,23?,25+,26+/m0/s1. The topological polar surface area (TPSA) is 20.3 Å². The summed E-state index contributed by atoms with van der Waals surface area (Å²) < 4.78 is 0. The summed E-state index contributed by atoms with van der Waals surface area (Å²) in [4.78, 5) is 15.9. The number of hydrogen-bond acceptors (Lipinski definition) is 2. The van der Waals surface area contributed by atoms with Crippen molar-refractivity contribution in [1.29, 1.82) is 0 Å². The third-order valence-corrected chi connectivity index (χ3v) is 10.8. The number of rotatable bonds is 2. The van der Waals surface area contributed by atoms with Crippen molar-refractivity contribution in [2.24, 2.45) is 34.5 Å². The van der Waals surface area contributed by atoms with Crippen molar-refractivity contribution in [3.63, 3.8) is 0 Å². The van der Waals surface area contributed by atoms with Gasteiger partial charge in [0.05, 0.1) is 0 Å². The van der Waals surface area contributed by atoms with E-state index in [4.69, 9.17) is 0 Å². The molecule has 29 heavy (non-hydrogen) atoms. The van der Waals surface area contributed by atoms with E-state index in [0.29, 0.717) is 22.8 Å². The third-order valence-electron chi connectivity index (χ3n) is 10.0. The van der Waals surface area contributed by atoms with Gasteiger partial charge in [0.2, 0.25) is 5.91 Å². The lowest BCUT2D eigenvalue weighted by Gasteiger charge is -2.62. The number of nitrogens with zero attached hydrogens (tertiary/aromatic N) is 1. The van der Waals surface area contributed by atoms with E-state index in [-0.39, 0.29) is 0 Å². The fourth-order valence-corrected chi connectivity index (χ4v) is 9.32. The monoisotopic (exact) mass is 411 g/mol. The Kier molecular flexibility index (Phi) is 4.77. The lowest BCUT2D eigenvalue weighted by Crippen LogP contribution is -2.61. The second kappa shape index (κ2) is 6.97. The predicted molar refractivity (Wildman–Crippen MR) is 122 cm³/mol. The van der Waals surface area contributed by atoms with Gasteiger partial charge in [-0.2, -0.15) is 0 Å². The molecule has 0 radical (unpaired) electrons. The van der Waals surface area contributed by atoms with E-state index in [1.54, 1.807) is 5.57 Å². The van der Waals surface area contributed by atoms with Crippen LogP contribution in [0.4, 0.5) is 0 Å². The molecule has 4 fully saturated rings. The SMILES string of the molecule is C/C(=C\c1cccs1)[C@H]1CC[C@H]2[C@@H]3CCC4N(C)C(=O)CC[C@]4(C)[C@H]3CC[C@]12C. The molecule has 0 aromatic carbocycles. The molecule has 1 aromatic rings. The maximum absolute atomic E-state index is 12.4. The minimum absolute atomic E-state index is 0.340. The maximum Gasteiger partial charge on any atom is 0.222 e. The molecule has 0 N–H and O–H groups in total. The first-order chi connectivity index (χ1) is 13.8. The Bertz CT molecular complexity index is 813. The van der Waals surface area contributed by atoms with Crippen LogP contribution in [-0.2, 0) is 4.79 Å². The van der Waals surface area contributed by atoms with E-state index in [1.165, 1.54) is 43.4 Å². The summed E-state index contributed by atoms with van der Waals surface area (Å²) in [5.41, 5.74) is 2.42. The number of amides is 1. The van der Waals surface area contributed by atoms with Gasteiger partial charge in [-0.1, -0.05) is 25.5 Å². The molecule has 3 saturated carbocycles. The minimum Gasteiger partial charge on any atom is -0.342 e. The summed E-state index contributed by atoms with van der Waals surface area (Å²) >= 11 is 1.86. The molecule has 158 valence electrons. The van der Waals surface area contributed by atoms with Crippen LogP contribution in [0.1, 0.15) is 77.0 Å². The molecule has 4 aliphatic rings. The summed E-state index contributed by atoms with van der Waals surface area (Å²) in [6.07, 6.45) is 12.4. The molecule has 2 nitrogen and oxygen atoms in total. The average molecular weight is 412 g/mol. The molecule has 1 saturated heterocycles. The lowest BCUT2D eigenvalue weighted by atomic mass is 9.46. The normalized spacial score (nSPS) is 45.0. The zero-order chi connectivity index (χ0) is 20.4. The number of allylic oxidation sites excluding steroid dienone is 1. The fraction of sp³-hybridized carbons (Fsp3) is 0.731. The Labute approximate surface area is 180 Å². The van der Waals surface area contributed by atoms with E-state index >= 15 is 0 Å². The van der Waals surface area contributed by atoms with Crippen LogP contribution in [0.3, 0.4) is 0 Å². The number of likely N-dealkylation sites (tertiary alicyclic amines) is 1. The van der Waals surface area contributed by atoms with Crippen molar-refractivity contribution < 1.29 is 4.79 Å². The molecule has 0 bridgehead atoms. The molecule has 7 atom stereocenters. The average Bonchev–Trinajstić information content (AvgIpc) is 3.32.